The van der Waals surface area contributed by atoms with Crippen LogP contribution in [0, 0.1) is 17.8 Å². The number of hydrogen-bond donors (Lipinski definition) is 1. The molecule has 1 heteroatoms. The second-order valence-corrected chi connectivity index (χ2v) is 2.47. The molecule has 0 heterocycles. The zero-order valence-electron chi connectivity index (χ0n) is 5.56. The van der Waals surface area contributed by atoms with Crippen LogP contribution in [0.1, 0.15) is 25.7 Å². The Morgan fingerprint density at radius 1 is 1.44 bits per heavy atom. The van der Waals surface area contributed by atoms with Gasteiger partial charge in [0.15, 0.2) is 0 Å². The van der Waals surface area contributed by atoms with Crippen LogP contribution in [0.4, 0.5) is 0 Å². The van der Waals surface area contributed by atoms with E-state index in [2.05, 4.69) is 11.8 Å². The van der Waals surface area contributed by atoms with Gasteiger partial charge < -0.3 is 5.11 Å². The van der Waals surface area contributed by atoms with E-state index < -0.39 is 0 Å². The van der Waals surface area contributed by atoms with Gasteiger partial charge in [0.1, 0.15) is 0 Å². The summed E-state index contributed by atoms with van der Waals surface area (Å²) in [5.74, 6) is 6.78. The molecule has 1 atom stereocenters. The highest BCUT2D eigenvalue weighted by atomic mass is 16.3. The minimum atomic E-state index is 0.326. The average molecular weight is 124 g/mol. The van der Waals surface area contributed by atoms with Crippen molar-refractivity contribution in [1.29, 1.82) is 0 Å². The maximum Gasteiger partial charge on any atom is 0.0434 e. The van der Waals surface area contributed by atoms with Crippen molar-refractivity contribution >= 4 is 0 Å². The number of aliphatic hydroxyl groups excluding tert-OH is 1. The number of aliphatic hydroxyl groups is 1. The third-order valence-corrected chi connectivity index (χ3v) is 1.73. The van der Waals surface area contributed by atoms with E-state index in [4.69, 9.17) is 5.11 Å². The second-order valence-electron chi connectivity index (χ2n) is 2.47. The first-order valence-corrected chi connectivity index (χ1v) is 3.50. The van der Waals surface area contributed by atoms with Crippen LogP contribution in [0.15, 0.2) is 0 Å². The van der Waals surface area contributed by atoms with Crippen molar-refractivity contribution in [3.8, 4) is 11.8 Å². The van der Waals surface area contributed by atoms with Crippen LogP contribution >= 0.6 is 0 Å². The molecule has 0 amide bonds. The maximum atomic E-state index is 8.57. The molecule has 0 aromatic rings. The van der Waals surface area contributed by atoms with Gasteiger partial charge in [0, 0.05) is 19.4 Å². The molecule has 1 unspecified atom stereocenters. The van der Waals surface area contributed by atoms with E-state index in [1.807, 2.05) is 0 Å². The zero-order chi connectivity index (χ0) is 6.53. The van der Waals surface area contributed by atoms with Crippen molar-refractivity contribution in [3.05, 3.63) is 0 Å². The van der Waals surface area contributed by atoms with Gasteiger partial charge in [-0.05, 0) is 18.8 Å². The SMILES string of the molecule is OCCC1CC#CCC1. The lowest BCUT2D eigenvalue weighted by atomic mass is 9.93. The van der Waals surface area contributed by atoms with Gasteiger partial charge >= 0.3 is 0 Å². The highest BCUT2D eigenvalue weighted by Crippen LogP contribution is 2.16. The van der Waals surface area contributed by atoms with Crippen LogP contribution in [0.3, 0.4) is 0 Å². The molecule has 0 aromatic carbocycles. The van der Waals surface area contributed by atoms with Crippen molar-refractivity contribution in [2.75, 3.05) is 6.61 Å². The molecule has 1 nitrogen and oxygen atoms in total. The first kappa shape index (κ1) is 6.64. The molecule has 50 valence electrons. The van der Waals surface area contributed by atoms with Gasteiger partial charge in [0.25, 0.3) is 0 Å². The molecule has 1 aliphatic carbocycles. The summed E-state index contributed by atoms with van der Waals surface area (Å²) >= 11 is 0. The van der Waals surface area contributed by atoms with Gasteiger partial charge in [-0.15, -0.1) is 11.8 Å². The van der Waals surface area contributed by atoms with Gasteiger partial charge in [-0.25, -0.2) is 0 Å². The Hall–Kier alpha value is -0.480. The van der Waals surface area contributed by atoms with E-state index >= 15 is 0 Å². The fourth-order valence-corrected chi connectivity index (χ4v) is 1.11. The lowest BCUT2D eigenvalue weighted by molar-refractivity contribution is 0.253. The van der Waals surface area contributed by atoms with Crippen molar-refractivity contribution in [2.24, 2.45) is 5.92 Å². The summed E-state index contributed by atoms with van der Waals surface area (Å²) in [6.45, 7) is 0.326. The minimum absolute atomic E-state index is 0.326. The summed E-state index contributed by atoms with van der Waals surface area (Å²) < 4.78 is 0. The normalized spacial score (nSPS) is 24.8. The Kier molecular flexibility index (Phi) is 2.60. The van der Waals surface area contributed by atoms with Crippen molar-refractivity contribution < 1.29 is 5.11 Å². The molecule has 0 aromatic heterocycles. The fraction of sp³-hybridized carbons (Fsp3) is 0.750. The average Bonchev–Trinajstić information content (AvgIpc) is 1.91. The Morgan fingerprint density at radius 2 is 2.33 bits per heavy atom. The summed E-state index contributed by atoms with van der Waals surface area (Å²) in [7, 11) is 0. The maximum absolute atomic E-state index is 8.57. The minimum Gasteiger partial charge on any atom is -0.396 e. The highest BCUT2D eigenvalue weighted by Gasteiger charge is 2.07. The van der Waals surface area contributed by atoms with Crippen LogP contribution < -0.4 is 0 Å². The molecule has 0 spiro atoms. The standard InChI is InChI=1S/C8H12O/c9-7-6-8-4-2-1-3-5-8/h8-9H,2,4-7H2. The Bertz CT molecular complexity index is 129. The van der Waals surface area contributed by atoms with E-state index in [-0.39, 0.29) is 0 Å². The molecule has 1 rings (SSSR count). The summed E-state index contributed by atoms with van der Waals surface area (Å²) in [6.07, 6.45) is 4.16. The van der Waals surface area contributed by atoms with Crippen molar-refractivity contribution in [2.45, 2.75) is 25.7 Å². The molecule has 0 saturated carbocycles. The third kappa shape index (κ3) is 2.07. The lowest BCUT2D eigenvalue weighted by Gasteiger charge is -2.12. The lowest BCUT2D eigenvalue weighted by Crippen LogP contribution is -2.04. The Morgan fingerprint density at radius 3 is 2.89 bits per heavy atom. The molecule has 0 bridgehead atoms. The van der Waals surface area contributed by atoms with Gasteiger partial charge in [-0.2, -0.15) is 0 Å². The van der Waals surface area contributed by atoms with E-state index in [1.54, 1.807) is 0 Å². The van der Waals surface area contributed by atoms with Crippen molar-refractivity contribution in [3.63, 3.8) is 0 Å². The van der Waals surface area contributed by atoms with Crippen LogP contribution in [-0.2, 0) is 0 Å². The molecular weight excluding hydrogens is 112 g/mol. The number of rotatable bonds is 2. The van der Waals surface area contributed by atoms with E-state index in [0.29, 0.717) is 12.5 Å². The smallest absolute Gasteiger partial charge is 0.0434 e. The summed E-state index contributed by atoms with van der Waals surface area (Å²) in [5.41, 5.74) is 0. The van der Waals surface area contributed by atoms with Gasteiger partial charge in [0.2, 0.25) is 0 Å². The summed E-state index contributed by atoms with van der Waals surface area (Å²) in [4.78, 5) is 0. The van der Waals surface area contributed by atoms with Gasteiger partial charge in [-0.1, -0.05) is 0 Å². The molecule has 1 N–H and O–H groups in total. The molecule has 9 heavy (non-hydrogen) atoms. The topological polar surface area (TPSA) is 20.2 Å². The Labute approximate surface area is 56.1 Å². The van der Waals surface area contributed by atoms with Crippen LogP contribution in [0.25, 0.3) is 0 Å². The molecule has 0 saturated heterocycles. The molecule has 1 aliphatic rings. The van der Waals surface area contributed by atoms with Gasteiger partial charge in [0.05, 0.1) is 0 Å². The fourth-order valence-electron chi connectivity index (χ4n) is 1.11. The quantitative estimate of drug-likeness (QED) is 0.548. The van der Waals surface area contributed by atoms with Crippen LogP contribution in [-0.4, -0.2) is 11.7 Å². The van der Waals surface area contributed by atoms with Crippen LogP contribution in [0.5, 0.6) is 0 Å². The van der Waals surface area contributed by atoms with Gasteiger partial charge in [-0.3, -0.25) is 0 Å². The first-order chi connectivity index (χ1) is 4.43. The van der Waals surface area contributed by atoms with Crippen molar-refractivity contribution in [1.82, 2.24) is 0 Å². The monoisotopic (exact) mass is 124 g/mol. The zero-order valence-corrected chi connectivity index (χ0v) is 5.56. The van der Waals surface area contributed by atoms with E-state index in [9.17, 15) is 0 Å². The third-order valence-electron chi connectivity index (χ3n) is 1.73. The van der Waals surface area contributed by atoms with E-state index in [0.717, 1.165) is 19.3 Å². The second kappa shape index (κ2) is 3.53. The van der Waals surface area contributed by atoms with Crippen LogP contribution in [0.2, 0.25) is 0 Å². The Balaban J connectivity index is 2.22. The predicted molar refractivity (Wildman–Crippen MR) is 36.8 cm³/mol. The summed E-state index contributed by atoms with van der Waals surface area (Å²) in [6, 6.07) is 0. The molecular formula is C8H12O. The predicted octanol–water partition coefficient (Wildman–Crippen LogP) is 1.17. The molecule has 0 radical (unpaired) electrons. The summed E-state index contributed by atoms with van der Waals surface area (Å²) in [5, 5.41) is 8.57. The molecule has 0 aliphatic heterocycles. The highest BCUT2D eigenvalue weighted by molar-refractivity contribution is 5.04. The first-order valence-electron chi connectivity index (χ1n) is 3.50. The van der Waals surface area contributed by atoms with E-state index in [1.165, 1.54) is 6.42 Å². The molecule has 0 fully saturated rings. The number of hydrogen-bond acceptors (Lipinski definition) is 1. The largest absolute Gasteiger partial charge is 0.396 e.